The summed E-state index contributed by atoms with van der Waals surface area (Å²) in [5, 5.41) is 3.45. The monoisotopic (exact) mass is 215 g/mol. The predicted octanol–water partition coefficient (Wildman–Crippen LogP) is 3.22. The minimum Gasteiger partial charge on any atom is -0.373 e. The van der Waals surface area contributed by atoms with Gasteiger partial charge in [-0.05, 0) is 59.5 Å². The molecule has 0 aromatic rings. The Hall–Kier alpha value is -0.0800. The molecule has 0 rings (SSSR count). The van der Waals surface area contributed by atoms with E-state index in [9.17, 15) is 0 Å². The van der Waals surface area contributed by atoms with Crippen molar-refractivity contribution in [3.05, 3.63) is 0 Å². The normalized spacial score (nSPS) is 14.6. The van der Waals surface area contributed by atoms with E-state index in [0.717, 1.165) is 25.4 Å². The molecule has 92 valence electrons. The molecule has 1 atom stereocenters. The largest absolute Gasteiger partial charge is 0.373 e. The van der Waals surface area contributed by atoms with Gasteiger partial charge in [0, 0.05) is 0 Å². The highest BCUT2D eigenvalue weighted by Crippen LogP contribution is 2.13. The summed E-state index contributed by atoms with van der Waals surface area (Å²) in [4.78, 5) is 0. The third kappa shape index (κ3) is 11.8. The van der Waals surface area contributed by atoms with Crippen LogP contribution in [0.3, 0.4) is 0 Å². The SMILES string of the molecule is CC(C)CNCCCC(C)OC(C)(C)C. The lowest BCUT2D eigenvalue weighted by atomic mass is 10.1. The van der Waals surface area contributed by atoms with E-state index in [4.69, 9.17) is 4.74 Å². The Labute approximate surface area is 95.8 Å². The second-order valence-electron chi connectivity index (χ2n) is 5.78. The molecule has 0 aliphatic carbocycles. The highest BCUT2D eigenvalue weighted by molar-refractivity contribution is 4.63. The Kier molecular flexibility index (Phi) is 7.20. The van der Waals surface area contributed by atoms with Crippen molar-refractivity contribution in [3.63, 3.8) is 0 Å². The second kappa shape index (κ2) is 7.24. The lowest BCUT2D eigenvalue weighted by molar-refractivity contribution is -0.0546. The van der Waals surface area contributed by atoms with Crippen LogP contribution in [0.4, 0.5) is 0 Å². The molecule has 0 aromatic heterocycles. The molecule has 15 heavy (non-hydrogen) atoms. The predicted molar refractivity (Wildman–Crippen MR) is 67.2 cm³/mol. The molecule has 0 aromatic carbocycles. The highest BCUT2D eigenvalue weighted by atomic mass is 16.5. The van der Waals surface area contributed by atoms with Gasteiger partial charge in [0.1, 0.15) is 0 Å². The number of rotatable bonds is 7. The quantitative estimate of drug-likeness (QED) is 0.658. The minimum atomic E-state index is -0.00915. The van der Waals surface area contributed by atoms with Gasteiger partial charge in [0.25, 0.3) is 0 Å². The summed E-state index contributed by atoms with van der Waals surface area (Å²) in [7, 11) is 0. The molecule has 0 saturated heterocycles. The van der Waals surface area contributed by atoms with Crippen molar-refractivity contribution >= 4 is 0 Å². The summed E-state index contributed by atoms with van der Waals surface area (Å²) in [5.74, 6) is 0.744. The molecule has 1 N–H and O–H groups in total. The standard InChI is InChI=1S/C13H29NO/c1-11(2)10-14-9-7-8-12(3)15-13(4,5)6/h11-12,14H,7-10H2,1-6H3. The van der Waals surface area contributed by atoms with Crippen molar-refractivity contribution in [2.75, 3.05) is 13.1 Å². The third-order valence-corrected chi connectivity index (χ3v) is 2.07. The van der Waals surface area contributed by atoms with Crippen LogP contribution >= 0.6 is 0 Å². The first kappa shape index (κ1) is 14.9. The number of hydrogen-bond donors (Lipinski definition) is 1. The molecular formula is C13H29NO. The van der Waals surface area contributed by atoms with Gasteiger partial charge in [-0.2, -0.15) is 0 Å². The van der Waals surface area contributed by atoms with E-state index in [1.54, 1.807) is 0 Å². The molecule has 0 saturated carbocycles. The van der Waals surface area contributed by atoms with E-state index >= 15 is 0 Å². The molecule has 0 amide bonds. The summed E-state index contributed by atoms with van der Waals surface area (Å²) in [6.45, 7) is 15.2. The molecule has 2 nitrogen and oxygen atoms in total. The average Bonchev–Trinajstić information content (AvgIpc) is 1.99. The molecule has 0 aliphatic rings. The van der Waals surface area contributed by atoms with E-state index in [1.807, 2.05) is 0 Å². The zero-order chi connectivity index (χ0) is 11.9. The van der Waals surface area contributed by atoms with Crippen molar-refractivity contribution in [3.8, 4) is 0 Å². The Balaban J connectivity index is 3.36. The first-order valence-corrected chi connectivity index (χ1v) is 6.20. The van der Waals surface area contributed by atoms with Gasteiger partial charge in [-0.25, -0.2) is 0 Å². The van der Waals surface area contributed by atoms with Gasteiger partial charge in [0.05, 0.1) is 11.7 Å². The maximum atomic E-state index is 5.84. The molecule has 0 fully saturated rings. The fourth-order valence-corrected chi connectivity index (χ4v) is 1.57. The summed E-state index contributed by atoms with van der Waals surface area (Å²) in [6, 6.07) is 0. The van der Waals surface area contributed by atoms with Crippen molar-refractivity contribution < 1.29 is 4.74 Å². The summed E-state index contributed by atoms with van der Waals surface area (Å²) in [6.07, 6.45) is 2.71. The third-order valence-electron chi connectivity index (χ3n) is 2.07. The fraction of sp³-hybridized carbons (Fsp3) is 1.00. The van der Waals surface area contributed by atoms with Crippen LogP contribution in [0.5, 0.6) is 0 Å². The van der Waals surface area contributed by atoms with Gasteiger partial charge in [-0.1, -0.05) is 13.8 Å². The van der Waals surface area contributed by atoms with Crippen LogP contribution in [-0.4, -0.2) is 24.8 Å². The second-order valence-corrected chi connectivity index (χ2v) is 5.78. The fourth-order valence-electron chi connectivity index (χ4n) is 1.57. The van der Waals surface area contributed by atoms with Crippen molar-refractivity contribution in [1.29, 1.82) is 0 Å². The Bertz CT molecular complexity index is 149. The number of hydrogen-bond acceptors (Lipinski definition) is 2. The Morgan fingerprint density at radius 2 is 1.73 bits per heavy atom. The van der Waals surface area contributed by atoms with Gasteiger partial charge in [-0.15, -0.1) is 0 Å². The summed E-state index contributed by atoms with van der Waals surface area (Å²) >= 11 is 0. The summed E-state index contributed by atoms with van der Waals surface area (Å²) < 4.78 is 5.84. The van der Waals surface area contributed by atoms with E-state index in [-0.39, 0.29) is 5.60 Å². The van der Waals surface area contributed by atoms with Crippen LogP contribution in [-0.2, 0) is 4.74 Å². The average molecular weight is 215 g/mol. The molecular weight excluding hydrogens is 186 g/mol. The zero-order valence-electron chi connectivity index (χ0n) is 11.4. The first-order chi connectivity index (χ1) is 6.81. The molecule has 0 radical (unpaired) electrons. The minimum absolute atomic E-state index is 0.00915. The van der Waals surface area contributed by atoms with E-state index < -0.39 is 0 Å². The van der Waals surface area contributed by atoms with Crippen molar-refractivity contribution in [2.45, 2.75) is 66.1 Å². The Morgan fingerprint density at radius 3 is 2.20 bits per heavy atom. The van der Waals surface area contributed by atoms with E-state index in [1.165, 1.54) is 6.42 Å². The topological polar surface area (TPSA) is 21.3 Å². The van der Waals surface area contributed by atoms with Crippen LogP contribution < -0.4 is 5.32 Å². The van der Waals surface area contributed by atoms with Gasteiger partial charge in [0.15, 0.2) is 0 Å². The van der Waals surface area contributed by atoms with Crippen LogP contribution in [0.2, 0.25) is 0 Å². The van der Waals surface area contributed by atoms with Gasteiger partial charge < -0.3 is 10.1 Å². The lowest BCUT2D eigenvalue weighted by Crippen LogP contribution is -2.27. The van der Waals surface area contributed by atoms with Crippen LogP contribution in [0.25, 0.3) is 0 Å². The van der Waals surface area contributed by atoms with Crippen LogP contribution in [0, 0.1) is 5.92 Å². The van der Waals surface area contributed by atoms with Crippen molar-refractivity contribution in [2.24, 2.45) is 5.92 Å². The molecule has 0 spiro atoms. The summed E-state index contributed by atoms with van der Waals surface area (Å²) in [5.41, 5.74) is -0.00915. The van der Waals surface area contributed by atoms with Crippen LogP contribution in [0.1, 0.15) is 54.4 Å². The van der Waals surface area contributed by atoms with E-state index in [0.29, 0.717) is 6.10 Å². The molecule has 1 unspecified atom stereocenters. The number of ether oxygens (including phenoxy) is 1. The zero-order valence-corrected chi connectivity index (χ0v) is 11.4. The smallest absolute Gasteiger partial charge is 0.0602 e. The van der Waals surface area contributed by atoms with Crippen LogP contribution in [0.15, 0.2) is 0 Å². The molecule has 0 bridgehead atoms. The van der Waals surface area contributed by atoms with E-state index in [2.05, 4.69) is 46.9 Å². The number of nitrogens with one attached hydrogen (secondary N) is 1. The molecule has 0 heterocycles. The Morgan fingerprint density at radius 1 is 1.13 bits per heavy atom. The van der Waals surface area contributed by atoms with Gasteiger partial charge in [-0.3, -0.25) is 0 Å². The maximum absolute atomic E-state index is 5.84. The molecule has 0 aliphatic heterocycles. The first-order valence-electron chi connectivity index (χ1n) is 6.20. The van der Waals surface area contributed by atoms with Crippen molar-refractivity contribution in [1.82, 2.24) is 5.32 Å². The van der Waals surface area contributed by atoms with Gasteiger partial charge in [0.2, 0.25) is 0 Å². The highest BCUT2D eigenvalue weighted by Gasteiger charge is 2.14. The maximum Gasteiger partial charge on any atom is 0.0602 e. The molecule has 2 heteroatoms. The van der Waals surface area contributed by atoms with Gasteiger partial charge >= 0.3 is 0 Å². The lowest BCUT2D eigenvalue weighted by Gasteiger charge is -2.25.